The molecule has 2 aromatic carbocycles. The van der Waals surface area contributed by atoms with Gasteiger partial charge in [0.25, 0.3) is 0 Å². The number of aromatic hydroxyl groups is 1. The molecule has 0 amide bonds. The summed E-state index contributed by atoms with van der Waals surface area (Å²) in [6.07, 6.45) is 8.19. The van der Waals surface area contributed by atoms with E-state index in [1.165, 1.54) is 32.1 Å². The first-order chi connectivity index (χ1) is 21.9. The molecular weight excluding hydrogens is 583 g/mol. The molecule has 3 saturated heterocycles. The van der Waals surface area contributed by atoms with E-state index in [9.17, 15) is 9.50 Å². The Balaban J connectivity index is 0.000000308. The lowest BCUT2D eigenvalue weighted by molar-refractivity contribution is 0.0526. The maximum absolute atomic E-state index is 16.2. The maximum atomic E-state index is 16.2. The number of hydrogen-bond acceptors (Lipinski definition) is 8. The van der Waals surface area contributed by atoms with Crippen LogP contribution in [0, 0.1) is 11.6 Å². The molecule has 3 fully saturated rings. The summed E-state index contributed by atoms with van der Waals surface area (Å²) in [5, 5.41) is 12.0. The number of halogens is 3. The number of phenolic OH excluding ortho intramolecular Hbond substituents is 1. The lowest BCUT2D eigenvalue weighted by Gasteiger charge is -2.26. The van der Waals surface area contributed by atoms with Crippen LogP contribution in [-0.4, -0.2) is 83.2 Å². The summed E-state index contributed by atoms with van der Waals surface area (Å²) < 4.78 is 55.6. The molecule has 45 heavy (non-hydrogen) atoms. The van der Waals surface area contributed by atoms with Crippen LogP contribution >= 0.6 is 0 Å². The molecule has 4 aromatic rings. The van der Waals surface area contributed by atoms with Gasteiger partial charge in [-0.15, -0.1) is 0 Å². The van der Waals surface area contributed by atoms with Crippen LogP contribution in [0.15, 0.2) is 30.5 Å². The van der Waals surface area contributed by atoms with Gasteiger partial charge >= 0.3 is 6.01 Å². The number of anilines is 1. The predicted octanol–water partition coefficient (Wildman–Crippen LogP) is 6.35. The van der Waals surface area contributed by atoms with Crippen LogP contribution in [0.3, 0.4) is 0 Å². The standard InChI is InChI=1S/C27H26F2N4O3.C7H12FN/c1-35-27-31-25-20-13-30-24(23(25)29)19-12-16(34)11-15-7-8-21(28)18(22(15)19)6-4-10-36-17-5-2-3-9-33(14-17)26(20)32-27;8-6-4-7-2-1-3-9(7)5-6/h7-8,11-13,17,34H,2-6,9-10,14H2,1H3;6-7H,1-5H2. The Bertz CT molecular complexity index is 1710. The Morgan fingerprint density at radius 1 is 1.02 bits per heavy atom. The summed E-state index contributed by atoms with van der Waals surface area (Å²) >= 11 is 0. The first-order valence-electron chi connectivity index (χ1n) is 16.0. The van der Waals surface area contributed by atoms with E-state index < -0.39 is 12.0 Å². The van der Waals surface area contributed by atoms with Crippen LogP contribution in [0.5, 0.6) is 11.8 Å². The van der Waals surface area contributed by atoms with E-state index in [1.54, 1.807) is 18.3 Å². The molecule has 5 aliphatic heterocycles. The van der Waals surface area contributed by atoms with Gasteiger partial charge in [-0.1, -0.05) is 6.07 Å². The van der Waals surface area contributed by atoms with Gasteiger partial charge in [-0.25, -0.2) is 13.2 Å². The van der Waals surface area contributed by atoms with Crippen LogP contribution in [0.25, 0.3) is 32.9 Å². The van der Waals surface area contributed by atoms with Gasteiger partial charge in [0, 0.05) is 44.0 Å². The van der Waals surface area contributed by atoms with Crippen LogP contribution < -0.4 is 9.64 Å². The molecule has 8 nitrogen and oxygen atoms in total. The molecule has 3 atom stereocenters. The monoisotopic (exact) mass is 621 g/mol. The van der Waals surface area contributed by atoms with Crippen molar-refractivity contribution in [3.63, 3.8) is 0 Å². The number of rotatable bonds is 1. The highest BCUT2D eigenvalue weighted by atomic mass is 19.1. The van der Waals surface area contributed by atoms with Gasteiger partial charge in [0.15, 0.2) is 5.82 Å². The first kappa shape index (κ1) is 30.0. The zero-order valence-corrected chi connectivity index (χ0v) is 25.4. The topological polar surface area (TPSA) is 83.8 Å². The lowest BCUT2D eigenvalue weighted by atomic mass is 9.93. The van der Waals surface area contributed by atoms with Gasteiger partial charge in [-0.2, -0.15) is 9.97 Å². The number of ether oxygens (including phenoxy) is 2. The van der Waals surface area contributed by atoms with Crippen LogP contribution in [0.2, 0.25) is 0 Å². The zero-order valence-electron chi connectivity index (χ0n) is 25.4. The molecule has 238 valence electrons. The Labute approximate surface area is 260 Å². The molecule has 2 aromatic heterocycles. The number of phenols is 1. The van der Waals surface area contributed by atoms with Crippen molar-refractivity contribution in [3.8, 4) is 23.0 Å². The third-order valence-electron chi connectivity index (χ3n) is 9.55. The first-order valence-corrected chi connectivity index (χ1v) is 16.0. The molecular formula is C34H38F3N5O3. The molecule has 3 unspecified atom stereocenters. The zero-order chi connectivity index (χ0) is 31.1. The predicted molar refractivity (Wildman–Crippen MR) is 167 cm³/mol. The van der Waals surface area contributed by atoms with E-state index in [4.69, 9.17) is 9.47 Å². The molecule has 0 aliphatic carbocycles. The fourth-order valence-corrected chi connectivity index (χ4v) is 7.43. The maximum Gasteiger partial charge on any atom is 0.318 e. The van der Waals surface area contributed by atoms with Gasteiger partial charge in [-0.3, -0.25) is 9.88 Å². The van der Waals surface area contributed by atoms with E-state index in [1.807, 2.05) is 0 Å². The Hall–Kier alpha value is -3.70. The van der Waals surface area contributed by atoms with Crippen molar-refractivity contribution >= 4 is 27.5 Å². The number of methoxy groups -OCH3 is 1. The minimum absolute atomic E-state index is 0.0122. The van der Waals surface area contributed by atoms with E-state index in [0.717, 1.165) is 38.8 Å². The summed E-state index contributed by atoms with van der Waals surface area (Å²) in [5.41, 5.74) is 0.810. The second-order valence-electron chi connectivity index (χ2n) is 12.5. The van der Waals surface area contributed by atoms with Gasteiger partial charge in [0.05, 0.1) is 18.6 Å². The van der Waals surface area contributed by atoms with Gasteiger partial charge in [0.1, 0.15) is 34.8 Å². The summed E-state index contributed by atoms with van der Waals surface area (Å²) in [6.45, 7) is 3.66. The SMILES string of the molecule is COc1nc2c3cnc(c(F)c3n1)-c1cc(O)cc3ccc(F)c(c13)CCCOC1CCCCN2C1.FC1CC2CCCN2C1. The Morgan fingerprint density at radius 2 is 1.91 bits per heavy atom. The number of fused-ring (bicyclic) bond motifs is 5. The number of benzene rings is 2. The third kappa shape index (κ3) is 5.88. The summed E-state index contributed by atoms with van der Waals surface area (Å²) in [7, 11) is 1.44. The summed E-state index contributed by atoms with van der Waals surface area (Å²) in [5.74, 6) is -0.566. The molecule has 0 radical (unpaired) electrons. The van der Waals surface area contributed by atoms with Crippen molar-refractivity contribution in [2.24, 2.45) is 0 Å². The molecule has 0 spiro atoms. The van der Waals surface area contributed by atoms with Crippen molar-refractivity contribution in [3.05, 3.63) is 47.7 Å². The third-order valence-corrected chi connectivity index (χ3v) is 9.55. The van der Waals surface area contributed by atoms with E-state index in [-0.39, 0.29) is 34.9 Å². The molecule has 0 saturated carbocycles. The van der Waals surface area contributed by atoms with E-state index >= 15 is 8.78 Å². The molecule has 1 N–H and O–H groups in total. The van der Waals surface area contributed by atoms with Crippen molar-refractivity contribution in [1.82, 2.24) is 19.9 Å². The molecule has 9 rings (SSSR count). The minimum atomic E-state index is -0.672. The Morgan fingerprint density at radius 3 is 2.76 bits per heavy atom. The van der Waals surface area contributed by atoms with Gasteiger partial charge < -0.3 is 19.5 Å². The number of pyridine rings is 1. The molecule has 11 heteroatoms. The van der Waals surface area contributed by atoms with Crippen LogP contribution in [-0.2, 0) is 11.2 Å². The van der Waals surface area contributed by atoms with Gasteiger partial charge in [-0.05, 0) is 92.4 Å². The molecule has 7 heterocycles. The highest BCUT2D eigenvalue weighted by Gasteiger charge is 2.34. The quantitative estimate of drug-likeness (QED) is 0.263. The second-order valence-corrected chi connectivity index (χ2v) is 12.5. The number of hydrogen-bond donors (Lipinski definition) is 1. The smallest absolute Gasteiger partial charge is 0.318 e. The second kappa shape index (κ2) is 12.6. The highest BCUT2D eigenvalue weighted by molar-refractivity contribution is 6.01. The average Bonchev–Trinajstić information content (AvgIpc) is 3.52. The average molecular weight is 622 g/mol. The highest BCUT2D eigenvalue weighted by Crippen LogP contribution is 2.39. The number of alkyl halides is 1. The normalized spacial score (nSPS) is 23.4. The van der Waals surface area contributed by atoms with Crippen molar-refractivity contribution in [2.45, 2.75) is 69.7 Å². The van der Waals surface area contributed by atoms with Gasteiger partial charge in [0.2, 0.25) is 0 Å². The lowest BCUT2D eigenvalue weighted by Crippen LogP contribution is -2.33. The fourth-order valence-electron chi connectivity index (χ4n) is 7.43. The number of nitrogens with zero attached hydrogens (tertiary/aromatic N) is 5. The van der Waals surface area contributed by atoms with Crippen molar-refractivity contribution in [1.29, 1.82) is 0 Å². The largest absolute Gasteiger partial charge is 0.508 e. The van der Waals surface area contributed by atoms with Crippen molar-refractivity contribution < 1.29 is 27.8 Å². The minimum Gasteiger partial charge on any atom is -0.508 e. The fraction of sp³-hybridized carbons (Fsp3) is 0.500. The molecule has 6 bridgehead atoms. The number of aryl methyl sites for hydroxylation is 1. The number of aromatic nitrogens is 3. The van der Waals surface area contributed by atoms with Crippen molar-refractivity contribution in [2.75, 3.05) is 44.8 Å². The Kier molecular flexibility index (Phi) is 8.39. The van der Waals surface area contributed by atoms with Crippen LogP contribution in [0.1, 0.15) is 50.5 Å². The summed E-state index contributed by atoms with van der Waals surface area (Å²) in [6, 6.07) is 6.61. The van der Waals surface area contributed by atoms with Crippen LogP contribution in [0.4, 0.5) is 19.0 Å². The summed E-state index contributed by atoms with van der Waals surface area (Å²) in [4.78, 5) is 17.8. The van der Waals surface area contributed by atoms with E-state index in [2.05, 4.69) is 24.8 Å². The molecule has 5 aliphatic rings. The van der Waals surface area contributed by atoms with E-state index in [0.29, 0.717) is 71.7 Å².